The molecule has 0 aromatic carbocycles. The minimum atomic E-state index is -1.36. The van der Waals surface area contributed by atoms with Crippen LogP contribution in [0, 0.1) is 0 Å². The fraction of sp³-hybridized carbons (Fsp3) is 0.214. The van der Waals surface area contributed by atoms with Gasteiger partial charge < -0.3 is 14.6 Å². The third-order valence-corrected chi connectivity index (χ3v) is 1.67. The highest BCUT2D eigenvalue weighted by atomic mass is 16.6. The average molecular weight is 282 g/mol. The van der Waals surface area contributed by atoms with Gasteiger partial charge in [-0.25, -0.2) is 14.4 Å². The van der Waals surface area contributed by atoms with Crippen molar-refractivity contribution in [2.45, 2.75) is 13.3 Å². The van der Waals surface area contributed by atoms with Crippen molar-refractivity contribution >= 4 is 17.9 Å². The molecule has 0 bridgehead atoms. The van der Waals surface area contributed by atoms with Crippen LogP contribution in [0.3, 0.4) is 0 Å². The van der Waals surface area contributed by atoms with Crippen LogP contribution < -0.4 is 0 Å². The lowest BCUT2D eigenvalue weighted by Crippen LogP contribution is -2.10. The summed E-state index contributed by atoms with van der Waals surface area (Å²) in [4.78, 5) is 31.2. The van der Waals surface area contributed by atoms with Gasteiger partial charge in [0.2, 0.25) is 5.76 Å². The summed E-state index contributed by atoms with van der Waals surface area (Å²) in [5.74, 6) is -3.11. The van der Waals surface area contributed by atoms with Crippen molar-refractivity contribution in [3.05, 3.63) is 49.3 Å². The highest BCUT2D eigenvalue weighted by molar-refractivity contribution is 5.93. The molecule has 0 aliphatic carbocycles. The fourth-order valence-electron chi connectivity index (χ4n) is 0.645. The SMILES string of the molecule is C=C(C)C(=O)OC(=C)C(=O)O.C=CCC(=C)C(=O)OC. The Labute approximate surface area is 117 Å². The summed E-state index contributed by atoms with van der Waals surface area (Å²) in [6.07, 6.45) is 2.10. The van der Waals surface area contributed by atoms with E-state index in [4.69, 9.17) is 5.11 Å². The van der Waals surface area contributed by atoms with E-state index in [1.165, 1.54) is 14.0 Å². The predicted molar refractivity (Wildman–Crippen MR) is 73.7 cm³/mol. The number of hydrogen-bond donors (Lipinski definition) is 1. The number of carbonyl (C=O) groups excluding carboxylic acids is 2. The van der Waals surface area contributed by atoms with E-state index in [-0.39, 0.29) is 11.5 Å². The largest absolute Gasteiger partial charge is 0.475 e. The van der Waals surface area contributed by atoms with Gasteiger partial charge in [-0.15, -0.1) is 6.58 Å². The van der Waals surface area contributed by atoms with E-state index >= 15 is 0 Å². The molecular formula is C14H18O6. The maximum Gasteiger partial charge on any atom is 0.371 e. The molecule has 0 unspecified atom stereocenters. The van der Waals surface area contributed by atoms with Gasteiger partial charge >= 0.3 is 17.9 Å². The molecule has 0 saturated heterocycles. The standard InChI is InChI=1S/C7H8O4.C7H10O2/c1-4(2)7(10)11-5(3)6(8)9;1-4-5-6(2)7(8)9-3/h1,3H2,2H3,(H,8,9);4H,1-2,5H2,3H3. The molecule has 0 saturated carbocycles. The molecule has 0 spiro atoms. The third-order valence-electron chi connectivity index (χ3n) is 1.67. The predicted octanol–water partition coefficient (Wildman–Crippen LogP) is 2.00. The van der Waals surface area contributed by atoms with Crippen molar-refractivity contribution in [3.63, 3.8) is 0 Å². The van der Waals surface area contributed by atoms with Crippen molar-refractivity contribution in [2.75, 3.05) is 7.11 Å². The van der Waals surface area contributed by atoms with Gasteiger partial charge in [0.05, 0.1) is 7.11 Å². The highest BCUT2D eigenvalue weighted by Crippen LogP contribution is 1.99. The van der Waals surface area contributed by atoms with Crippen LogP contribution >= 0.6 is 0 Å². The number of carboxylic acids is 1. The summed E-state index contributed by atoms with van der Waals surface area (Å²) in [6, 6.07) is 0. The fourth-order valence-corrected chi connectivity index (χ4v) is 0.645. The van der Waals surface area contributed by atoms with Crippen molar-refractivity contribution in [1.82, 2.24) is 0 Å². The Morgan fingerprint density at radius 1 is 1.15 bits per heavy atom. The Hall–Kier alpha value is -2.63. The number of carbonyl (C=O) groups is 3. The van der Waals surface area contributed by atoms with Gasteiger partial charge in [0.15, 0.2) is 0 Å². The monoisotopic (exact) mass is 282 g/mol. The molecule has 6 heteroatoms. The molecule has 0 rings (SSSR count). The number of aliphatic carboxylic acids is 1. The number of ether oxygens (including phenoxy) is 2. The molecule has 0 radical (unpaired) electrons. The van der Waals surface area contributed by atoms with Gasteiger partial charge in [0.25, 0.3) is 0 Å². The number of allylic oxidation sites excluding steroid dienone is 1. The van der Waals surface area contributed by atoms with Crippen molar-refractivity contribution in [1.29, 1.82) is 0 Å². The van der Waals surface area contributed by atoms with Gasteiger partial charge in [0.1, 0.15) is 0 Å². The zero-order chi connectivity index (χ0) is 16.3. The van der Waals surface area contributed by atoms with E-state index in [1.54, 1.807) is 6.08 Å². The number of rotatable bonds is 6. The topological polar surface area (TPSA) is 89.9 Å². The first-order valence-corrected chi connectivity index (χ1v) is 5.34. The molecule has 20 heavy (non-hydrogen) atoms. The summed E-state index contributed by atoms with van der Waals surface area (Å²) in [5, 5.41) is 8.21. The molecule has 0 aliphatic rings. The van der Waals surface area contributed by atoms with Crippen LogP contribution in [0.1, 0.15) is 13.3 Å². The van der Waals surface area contributed by atoms with Crippen molar-refractivity contribution < 1.29 is 29.0 Å². The Morgan fingerprint density at radius 2 is 1.65 bits per heavy atom. The van der Waals surface area contributed by atoms with Crippen molar-refractivity contribution in [3.8, 4) is 0 Å². The van der Waals surface area contributed by atoms with Crippen LogP contribution in [0.4, 0.5) is 0 Å². The second-order valence-corrected chi connectivity index (χ2v) is 3.49. The smallest absolute Gasteiger partial charge is 0.371 e. The summed E-state index contributed by atoms with van der Waals surface area (Å²) in [6.45, 7) is 14.6. The lowest BCUT2D eigenvalue weighted by Gasteiger charge is -2.00. The normalized spacial score (nSPS) is 8.30. The third kappa shape index (κ3) is 9.41. The molecule has 110 valence electrons. The molecule has 0 heterocycles. The van der Waals surface area contributed by atoms with Crippen LogP contribution in [0.5, 0.6) is 0 Å². The number of esters is 2. The zero-order valence-corrected chi connectivity index (χ0v) is 11.6. The first kappa shape index (κ1) is 19.7. The maximum absolute atomic E-state index is 10.6. The minimum Gasteiger partial charge on any atom is -0.475 e. The zero-order valence-electron chi connectivity index (χ0n) is 11.6. The second kappa shape index (κ2) is 10.3. The lowest BCUT2D eigenvalue weighted by atomic mass is 10.2. The highest BCUT2D eigenvalue weighted by Gasteiger charge is 2.11. The van der Waals surface area contributed by atoms with E-state index in [0.29, 0.717) is 12.0 Å². The summed E-state index contributed by atoms with van der Waals surface area (Å²) < 4.78 is 8.62. The van der Waals surface area contributed by atoms with Gasteiger partial charge in [0, 0.05) is 11.1 Å². The van der Waals surface area contributed by atoms with Crippen LogP contribution in [0.15, 0.2) is 49.3 Å². The van der Waals surface area contributed by atoms with Crippen LogP contribution in [0.25, 0.3) is 0 Å². The van der Waals surface area contributed by atoms with E-state index in [2.05, 4.69) is 35.8 Å². The quantitative estimate of drug-likeness (QED) is 0.347. The Bertz CT molecular complexity index is 421. The molecule has 6 nitrogen and oxygen atoms in total. The molecule has 0 aliphatic heterocycles. The lowest BCUT2D eigenvalue weighted by molar-refractivity contribution is -0.145. The van der Waals surface area contributed by atoms with Gasteiger partial charge in [-0.1, -0.05) is 19.2 Å². The average Bonchev–Trinajstić information content (AvgIpc) is 2.38. The minimum absolute atomic E-state index is 0.132. The summed E-state index contributed by atoms with van der Waals surface area (Å²) in [5.41, 5.74) is 0.569. The van der Waals surface area contributed by atoms with Gasteiger partial charge in [-0.2, -0.15) is 0 Å². The van der Waals surface area contributed by atoms with E-state index in [9.17, 15) is 14.4 Å². The van der Waals surface area contributed by atoms with E-state index < -0.39 is 17.7 Å². The van der Waals surface area contributed by atoms with E-state index in [1.807, 2.05) is 0 Å². The molecule has 0 atom stereocenters. The van der Waals surface area contributed by atoms with E-state index in [0.717, 1.165) is 0 Å². The maximum atomic E-state index is 10.6. The molecule has 0 fully saturated rings. The summed E-state index contributed by atoms with van der Waals surface area (Å²) in [7, 11) is 1.33. The Morgan fingerprint density at radius 3 is 1.95 bits per heavy atom. The molecule has 1 N–H and O–H groups in total. The second-order valence-electron chi connectivity index (χ2n) is 3.49. The molecular weight excluding hydrogens is 264 g/mol. The molecule has 0 aromatic heterocycles. The van der Waals surface area contributed by atoms with Gasteiger partial charge in [-0.3, -0.25) is 0 Å². The molecule has 0 amide bonds. The molecule has 0 aromatic rings. The number of carboxylic acid groups (broad SMARTS) is 1. The van der Waals surface area contributed by atoms with Gasteiger partial charge in [-0.05, 0) is 19.9 Å². The number of methoxy groups -OCH3 is 1. The van der Waals surface area contributed by atoms with Crippen LogP contribution in [-0.4, -0.2) is 30.1 Å². The van der Waals surface area contributed by atoms with Crippen LogP contribution in [0.2, 0.25) is 0 Å². The number of hydrogen-bond acceptors (Lipinski definition) is 5. The first-order valence-electron chi connectivity index (χ1n) is 5.34. The summed E-state index contributed by atoms with van der Waals surface area (Å²) >= 11 is 0. The van der Waals surface area contributed by atoms with Crippen molar-refractivity contribution in [2.24, 2.45) is 0 Å². The van der Waals surface area contributed by atoms with Crippen LogP contribution in [-0.2, 0) is 23.9 Å². The Kier molecular flexibility index (Phi) is 10.2. The first-order chi connectivity index (χ1) is 9.17. The Balaban J connectivity index is 0.